The number of aromatic hydroxyl groups is 1. The van der Waals surface area contributed by atoms with E-state index in [4.69, 9.17) is 9.72 Å². The summed E-state index contributed by atoms with van der Waals surface area (Å²) in [5.41, 5.74) is 2.27. The number of phenolic OH excluding ortho intramolecular Hbond substituents is 1. The summed E-state index contributed by atoms with van der Waals surface area (Å²) in [6.07, 6.45) is 0. The van der Waals surface area contributed by atoms with E-state index in [2.05, 4.69) is 29.4 Å². The van der Waals surface area contributed by atoms with E-state index in [1.165, 1.54) is 17.9 Å². The Morgan fingerprint density at radius 3 is 2.26 bits per heavy atom. The monoisotopic (exact) mass is 519 g/mol. The molecule has 1 aromatic heterocycles. The second kappa shape index (κ2) is 12.8. The number of hydrogen-bond acceptors (Lipinski definition) is 7. The maximum absolute atomic E-state index is 13.1. The van der Waals surface area contributed by atoms with E-state index in [0.717, 1.165) is 18.9 Å². The van der Waals surface area contributed by atoms with Crippen molar-refractivity contribution in [3.05, 3.63) is 60.3 Å². The van der Waals surface area contributed by atoms with Gasteiger partial charge in [0, 0.05) is 32.0 Å². The minimum atomic E-state index is -0.301. The Hall–Kier alpha value is -4.27. The molecule has 0 saturated heterocycles. The molecule has 0 unspecified atom stereocenters. The van der Waals surface area contributed by atoms with E-state index in [1.807, 2.05) is 49.4 Å². The van der Waals surface area contributed by atoms with Crippen LogP contribution in [0.5, 0.6) is 11.5 Å². The lowest BCUT2D eigenvalue weighted by atomic mass is 10.1. The van der Waals surface area contributed by atoms with Gasteiger partial charge in [-0.15, -0.1) is 0 Å². The van der Waals surface area contributed by atoms with Crippen LogP contribution in [0.1, 0.15) is 40.3 Å². The first-order valence-electron chi connectivity index (χ1n) is 12.8. The highest BCUT2D eigenvalue weighted by Gasteiger charge is 2.24. The number of carbonyl (C=O) groups is 2. The standard InChI is InChI=1S/C29H37N5O4/c1-7-33(8-2)28-15-14-25(20(5)31-28)34(21(6)35)26-16-24(30-18-38-22-12-10-9-11-13-22)27(36)17-23(26)32-29(37)19(3)4/h9-17,19,30,36H,7-8,18H2,1-6H3,(H,32,37). The summed E-state index contributed by atoms with van der Waals surface area (Å²) in [6, 6.07) is 16.1. The Morgan fingerprint density at radius 2 is 1.68 bits per heavy atom. The van der Waals surface area contributed by atoms with Gasteiger partial charge in [0.05, 0.1) is 28.4 Å². The number of rotatable bonds is 11. The maximum atomic E-state index is 13.1. The number of amides is 2. The summed E-state index contributed by atoms with van der Waals surface area (Å²) >= 11 is 0. The minimum absolute atomic E-state index is 0.0773. The Bertz CT molecular complexity index is 1260. The number of benzene rings is 2. The maximum Gasteiger partial charge on any atom is 0.228 e. The van der Waals surface area contributed by atoms with Crippen LogP contribution in [0.25, 0.3) is 0 Å². The third-order valence-corrected chi connectivity index (χ3v) is 6.07. The molecule has 0 radical (unpaired) electrons. The van der Waals surface area contributed by atoms with Gasteiger partial charge < -0.3 is 25.4 Å². The molecule has 0 aliphatic carbocycles. The van der Waals surface area contributed by atoms with Crippen LogP contribution in [-0.2, 0) is 9.59 Å². The Morgan fingerprint density at radius 1 is 1.00 bits per heavy atom. The van der Waals surface area contributed by atoms with Gasteiger partial charge in [-0.1, -0.05) is 32.0 Å². The molecule has 0 saturated carbocycles. The van der Waals surface area contributed by atoms with Crippen molar-refractivity contribution < 1.29 is 19.4 Å². The molecule has 202 valence electrons. The van der Waals surface area contributed by atoms with Crippen molar-refractivity contribution >= 4 is 40.4 Å². The van der Waals surface area contributed by atoms with E-state index in [9.17, 15) is 14.7 Å². The minimum Gasteiger partial charge on any atom is -0.506 e. The molecule has 0 bridgehead atoms. The van der Waals surface area contributed by atoms with Crippen molar-refractivity contribution in [1.82, 2.24) is 4.98 Å². The van der Waals surface area contributed by atoms with Crippen molar-refractivity contribution in [2.75, 3.05) is 40.3 Å². The van der Waals surface area contributed by atoms with Gasteiger partial charge in [-0.2, -0.15) is 0 Å². The number of hydrogen-bond donors (Lipinski definition) is 3. The average Bonchev–Trinajstić information content (AvgIpc) is 2.88. The predicted molar refractivity (Wildman–Crippen MR) is 152 cm³/mol. The lowest BCUT2D eigenvalue weighted by molar-refractivity contribution is -0.119. The zero-order valence-electron chi connectivity index (χ0n) is 22.9. The van der Waals surface area contributed by atoms with Gasteiger partial charge >= 0.3 is 0 Å². The van der Waals surface area contributed by atoms with E-state index >= 15 is 0 Å². The van der Waals surface area contributed by atoms with Crippen LogP contribution in [-0.4, -0.2) is 41.7 Å². The van der Waals surface area contributed by atoms with Crippen LogP contribution in [0.15, 0.2) is 54.6 Å². The largest absolute Gasteiger partial charge is 0.506 e. The second-order valence-electron chi connectivity index (χ2n) is 9.11. The molecule has 2 aromatic carbocycles. The fourth-order valence-corrected chi connectivity index (χ4v) is 3.96. The Kier molecular flexibility index (Phi) is 9.54. The SMILES string of the molecule is CCN(CC)c1ccc(N(C(C)=O)c2cc(NCOc3ccccc3)c(O)cc2NC(=O)C(C)C)c(C)n1. The van der Waals surface area contributed by atoms with Crippen molar-refractivity contribution in [2.24, 2.45) is 5.92 Å². The van der Waals surface area contributed by atoms with E-state index in [1.54, 1.807) is 19.9 Å². The fraction of sp³-hybridized carbons (Fsp3) is 0.345. The second-order valence-corrected chi connectivity index (χ2v) is 9.11. The van der Waals surface area contributed by atoms with Gasteiger partial charge in [0.1, 0.15) is 17.3 Å². The first-order chi connectivity index (χ1) is 18.2. The summed E-state index contributed by atoms with van der Waals surface area (Å²) in [4.78, 5) is 34.0. The highest BCUT2D eigenvalue weighted by atomic mass is 16.5. The summed E-state index contributed by atoms with van der Waals surface area (Å²) < 4.78 is 5.71. The van der Waals surface area contributed by atoms with Crippen LogP contribution in [0.3, 0.4) is 0 Å². The van der Waals surface area contributed by atoms with Crippen LogP contribution < -0.4 is 25.2 Å². The number of para-hydroxylation sites is 1. The molecule has 9 heteroatoms. The number of aryl methyl sites for hydroxylation is 1. The molecule has 1 heterocycles. The van der Waals surface area contributed by atoms with Crippen molar-refractivity contribution in [1.29, 1.82) is 0 Å². The van der Waals surface area contributed by atoms with E-state index in [0.29, 0.717) is 34.2 Å². The molecule has 3 rings (SSSR count). The molecule has 9 nitrogen and oxygen atoms in total. The van der Waals surface area contributed by atoms with Gasteiger partial charge in [-0.25, -0.2) is 4.98 Å². The highest BCUT2D eigenvalue weighted by molar-refractivity contribution is 6.06. The van der Waals surface area contributed by atoms with Crippen LogP contribution in [0.2, 0.25) is 0 Å². The third-order valence-electron chi connectivity index (χ3n) is 6.07. The number of anilines is 5. The first-order valence-corrected chi connectivity index (χ1v) is 12.8. The average molecular weight is 520 g/mol. The molecular formula is C29H37N5O4. The van der Waals surface area contributed by atoms with Crippen molar-refractivity contribution in [2.45, 2.75) is 41.5 Å². The summed E-state index contributed by atoms with van der Waals surface area (Å²) in [5, 5.41) is 16.7. The number of phenols is 1. The van der Waals surface area contributed by atoms with Gasteiger partial charge in [-0.05, 0) is 51.1 Å². The van der Waals surface area contributed by atoms with Crippen LogP contribution >= 0.6 is 0 Å². The molecule has 3 aromatic rings. The third kappa shape index (κ3) is 6.73. The molecule has 0 aliphatic rings. The predicted octanol–water partition coefficient (Wildman–Crippen LogP) is 5.67. The first kappa shape index (κ1) is 28.3. The number of ether oxygens (including phenoxy) is 1. The van der Waals surface area contributed by atoms with Crippen molar-refractivity contribution in [3.8, 4) is 11.5 Å². The van der Waals surface area contributed by atoms with Gasteiger partial charge in [-0.3, -0.25) is 14.5 Å². The number of carbonyl (C=O) groups excluding carboxylic acids is 2. The molecule has 2 amide bonds. The van der Waals surface area contributed by atoms with Crippen molar-refractivity contribution in [3.63, 3.8) is 0 Å². The van der Waals surface area contributed by atoms with Gasteiger partial charge in [0.2, 0.25) is 11.8 Å². The Balaban J connectivity index is 2.05. The fourth-order valence-electron chi connectivity index (χ4n) is 3.96. The zero-order chi connectivity index (χ0) is 27.8. The van der Waals surface area contributed by atoms with Gasteiger partial charge in [0.25, 0.3) is 0 Å². The topological polar surface area (TPSA) is 107 Å². The lowest BCUT2D eigenvalue weighted by Crippen LogP contribution is -2.28. The molecule has 0 aliphatic heterocycles. The smallest absolute Gasteiger partial charge is 0.228 e. The number of nitrogens with zero attached hydrogens (tertiary/aromatic N) is 3. The molecule has 0 atom stereocenters. The van der Waals surface area contributed by atoms with Gasteiger partial charge in [0.15, 0.2) is 6.73 Å². The van der Waals surface area contributed by atoms with Crippen LogP contribution in [0, 0.1) is 12.8 Å². The van der Waals surface area contributed by atoms with E-state index in [-0.39, 0.29) is 30.2 Å². The summed E-state index contributed by atoms with van der Waals surface area (Å²) in [6.45, 7) is 12.7. The number of nitrogens with one attached hydrogen (secondary N) is 2. The molecule has 0 spiro atoms. The normalized spacial score (nSPS) is 10.7. The Labute approximate surface area is 224 Å². The zero-order valence-corrected chi connectivity index (χ0v) is 22.9. The highest BCUT2D eigenvalue weighted by Crippen LogP contribution is 2.41. The van der Waals surface area contributed by atoms with E-state index < -0.39 is 0 Å². The molecular weight excluding hydrogens is 482 g/mol. The number of pyridine rings is 1. The molecule has 0 fully saturated rings. The number of aromatic nitrogens is 1. The molecule has 38 heavy (non-hydrogen) atoms. The summed E-state index contributed by atoms with van der Waals surface area (Å²) in [7, 11) is 0. The quantitative estimate of drug-likeness (QED) is 0.221. The van der Waals surface area contributed by atoms with Crippen LogP contribution in [0.4, 0.5) is 28.6 Å². The summed E-state index contributed by atoms with van der Waals surface area (Å²) in [5.74, 6) is 0.570. The molecule has 3 N–H and O–H groups in total. The lowest BCUT2D eigenvalue weighted by Gasteiger charge is -2.28.